The first-order valence-corrected chi connectivity index (χ1v) is 23.4. The Balaban J connectivity index is 1.22. The minimum absolute atomic E-state index is 0.510. The molecule has 0 aliphatic heterocycles. The first-order chi connectivity index (χ1) is 27.9. The smallest absolute Gasteiger partial charge is 0.0776 e. The highest BCUT2D eigenvalue weighted by Crippen LogP contribution is 2.57. The van der Waals surface area contributed by atoms with Crippen LogP contribution in [-0.2, 0) is 5.41 Å². The summed E-state index contributed by atoms with van der Waals surface area (Å²) in [4.78, 5) is 6.90. The number of para-hydroxylation sites is 1. The van der Waals surface area contributed by atoms with Gasteiger partial charge >= 0.3 is 0 Å². The first kappa shape index (κ1) is 33.6. The zero-order valence-corrected chi connectivity index (χ0v) is 33.3. The Labute approximate surface area is 334 Å². The molecule has 0 saturated heterocycles. The molecule has 8 aromatic carbocycles. The lowest BCUT2D eigenvalue weighted by atomic mass is 9.67. The molecule has 0 unspecified atom stereocenters. The predicted molar refractivity (Wildman–Crippen MR) is 243 cm³/mol. The van der Waals surface area contributed by atoms with Crippen LogP contribution in [-0.4, -0.2) is 17.6 Å². The third kappa shape index (κ3) is 5.00. The number of benzene rings is 8. The van der Waals surface area contributed by atoms with E-state index in [1.807, 2.05) is 12.4 Å². The number of pyridine rings is 1. The molecule has 57 heavy (non-hydrogen) atoms. The van der Waals surface area contributed by atoms with Crippen molar-refractivity contribution in [2.24, 2.45) is 0 Å². The molecule has 0 radical (unpaired) electrons. The molecule has 3 nitrogen and oxygen atoms in total. The molecule has 1 aliphatic rings. The Morgan fingerprint density at radius 1 is 0.474 bits per heavy atom. The highest BCUT2D eigenvalue weighted by molar-refractivity contribution is 6.88. The number of aromatic nitrogens is 2. The minimum atomic E-state index is -1.59. The fourth-order valence-corrected chi connectivity index (χ4v) is 10.8. The van der Waals surface area contributed by atoms with E-state index in [2.05, 4.69) is 216 Å². The fourth-order valence-electron chi connectivity index (χ4n) is 9.69. The van der Waals surface area contributed by atoms with Gasteiger partial charge < -0.3 is 9.47 Å². The molecule has 0 bridgehead atoms. The van der Waals surface area contributed by atoms with Crippen molar-refractivity contribution in [1.29, 1.82) is 0 Å². The summed E-state index contributed by atoms with van der Waals surface area (Å²) in [5, 5.41) is 9.16. The maximum atomic E-state index is 4.47. The van der Waals surface area contributed by atoms with Gasteiger partial charge in [0.05, 0.1) is 24.5 Å². The Bertz CT molecular complexity index is 3110. The van der Waals surface area contributed by atoms with Crippen molar-refractivity contribution in [2.75, 3.05) is 4.90 Å². The van der Waals surface area contributed by atoms with Gasteiger partial charge in [-0.1, -0.05) is 146 Å². The summed E-state index contributed by atoms with van der Waals surface area (Å²) < 4.78 is 2.42. The van der Waals surface area contributed by atoms with Crippen LogP contribution in [0, 0.1) is 0 Å². The molecule has 0 fully saturated rings. The molecule has 0 amide bonds. The predicted octanol–water partition coefficient (Wildman–Crippen LogP) is 13.2. The molecule has 4 heteroatoms. The number of rotatable bonds is 7. The van der Waals surface area contributed by atoms with Crippen molar-refractivity contribution < 1.29 is 0 Å². The van der Waals surface area contributed by atoms with E-state index in [0.717, 1.165) is 17.1 Å². The van der Waals surface area contributed by atoms with Gasteiger partial charge in [0.2, 0.25) is 0 Å². The lowest BCUT2D eigenvalue weighted by Crippen LogP contribution is -2.37. The normalized spacial score (nSPS) is 13.3. The zero-order valence-electron chi connectivity index (χ0n) is 32.3. The second-order valence-electron chi connectivity index (χ2n) is 16.4. The second-order valence-corrected chi connectivity index (χ2v) is 21.5. The maximum Gasteiger partial charge on any atom is 0.0776 e. The van der Waals surface area contributed by atoms with Crippen molar-refractivity contribution in [3.63, 3.8) is 0 Å². The van der Waals surface area contributed by atoms with Gasteiger partial charge in [-0.3, -0.25) is 4.98 Å². The molecule has 11 rings (SSSR count). The molecule has 272 valence electrons. The summed E-state index contributed by atoms with van der Waals surface area (Å²) in [6.07, 6.45) is 3.81. The van der Waals surface area contributed by atoms with Gasteiger partial charge in [-0.25, -0.2) is 0 Å². The van der Waals surface area contributed by atoms with Gasteiger partial charge in [-0.05, 0) is 104 Å². The number of nitrogens with zero attached hydrogens (tertiary/aromatic N) is 3. The lowest BCUT2D eigenvalue weighted by Gasteiger charge is -2.35. The van der Waals surface area contributed by atoms with Gasteiger partial charge in [0.25, 0.3) is 0 Å². The number of hydrogen-bond donors (Lipinski definition) is 0. The number of anilines is 3. The van der Waals surface area contributed by atoms with E-state index in [1.54, 1.807) is 0 Å². The largest absolute Gasteiger partial charge is 0.310 e. The summed E-state index contributed by atoms with van der Waals surface area (Å²) in [6, 6.07) is 67.8. The van der Waals surface area contributed by atoms with E-state index in [-0.39, 0.29) is 0 Å². The minimum Gasteiger partial charge on any atom is -0.310 e. The van der Waals surface area contributed by atoms with E-state index < -0.39 is 13.5 Å². The van der Waals surface area contributed by atoms with E-state index in [0.29, 0.717) is 0 Å². The molecule has 10 aromatic rings. The van der Waals surface area contributed by atoms with Crippen LogP contribution in [0.4, 0.5) is 17.1 Å². The highest BCUT2D eigenvalue weighted by Gasteiger charge is 2.45. The van der Waals surface area contributed by atoms with E-state index in [1.165, 1.54) is 76.5 Å². The summed E-state index contributed by atoms with van der Waals surface area (Å²) in [5.41, 5.74) is 11.5. The van der Waals surface area contributed by atoms with Crippen LogP contribution in [0.15, 0.2) is 194 Å². The molecule has 0 saturated carbocycles. The quantitative estimate of drug-likeness (QED) is 0.120. The van der Waals surface area contributed by atoms with Crippen molar-refractivity contribution in [1.82, 2.24) is 9.55 Å². The fraction of sp³-hybridized carbons (Fsp3) is 0.0755. The number of hydrogen-bond acceptors (Lipinski definition) is 2. The van der Waals surface area contributed by atoms with Crippen LogP contribution in [0.3, 0.4) is 0 Å². The second kappa shape index (κ2) is 12.6. The standard InChI is InChI=1S/C53H41N3Si/c1-57(2,3)44-25-27-50-46(35-44)45-33-42(24-26-49(45)56(50)40-19-11-6-12-20-40)55(41-28-30-54-31-29-41)43-32-37-23-22-36-14-13-21-47-51(36)52(37)48(34-43)53(47,38-15-7-4-8-16-38)39-17-9-5-10-18-39/h4-35H,1-3H3. The zero-order chi connectivity index (χ0) is 38.3. The maximum absolute atomic E-state index is 4.47. The summed E-state index contributed by atoms with van der Waals surface area (Å²) in [6.45, 7) is 7.30. The van der Waals surface area contributed by atoms with Gasteiger partial charge in [-0.2, -0.15) is 0 Å². The SMILES string of the molecule is C[Si](C)(C)c1ccc2c(c1)c1cc(N(c3ccncc3)c3cc4c5c(ccc6cccc(c65)C4(c4ccccc4)c4ccccc4)c3)ccc1n2-c1ccccc1. The van der Waals surface area contributed by atoms with E-state index in [4.69, 9.17) is 0 Å². The van der Waals surface area contributed by atoms with Crippen LogP contribution in [0.2, 0.25) is 19.6 Å². The molecular formula is C53H41N3Si. The molecule has 0 atom stereocenters. The van der Waals surface area contributed by atoms with Crippen LogP contribution in [0.25, 0.3) is 49.0 Å². The van der Waals surface area contributed by atoms with Crippen molar-refractivity contribution in [3.8, 4) is 5.69 Å². The van der Waals surface area contributed by atoms with Gasteiger partial charge in [-0.15, -0.1) is 0 Å². The third-order valence-electron chi connectivity index (χ3n) is 12.2. The van der Waals surface area contributed by atoms with Crippen LogP contribution >= 0.6 is 0 Å². The molecule has 1 aliphatic carbocycles. The first-order valence-electron chi connectivity index (χ1n) is 19.9. The van der Waals surface area contributed by atoms with Gasteiger partial charge in [0, 0.05) is 45.9 Å². The number of fused-ring (bicyclic) bond motifs is 3. The lowest BCUT2D eigenvalue weighted by molar-refractivity contribution is 0.771. The molecular weight excluding hydrogens is 707 g/mol. The van der Waals surface area contributed by atoms with E-state index in [9.17, 15) is 0 Å². The average Bonchev–Trinajstić information content (AvgIpc) is 3.75. The van der Waals surface area contributed by atoms with Crippen LogP contribution in [0.5, 0.6) is 0 Å². The molecule has 0 N–H and O–H groups in total. The Kier molecular flexibility index (Phi) is 7.44. The summed E-state index contributed by atoms with van der Waals surface area (Å²) in [5.74, 6) is 0. The Morgan fingerprint density at radius 2 is 1.09 bits per heavy atom. The Hall–Kier alpha value is -6.75. The van der Waals surface area contributed by atoms with Crippen molar-refractivity contribution in [2.45, 2.75) is 25.1 Å². The van der Waals surface area contributed by atoms with Crippen LogP contribution < -0.4 is 10.1 Å². The van der Waals surface area contributed by atoms with Gasteiger partial charge in [0.15, 0.2) is 0 Å². The summed E-state index contributed by atoms with van der Waals surface area (Å²) >= 11 is 0. The monoisotopic (exact) mass is 747 g/mol. The van der Waals surface area contributed by atoms with Crippen molar-refractivity contribution in [3.05, 3.63) is 217 Å². The summed E-state index contributed by atoms with van der Waals surface area (Å²) in [7, 11) is -1.59. The topological polar surface area (TPSA) is 21.1 Å². The average molecular weight is 748 g/mol. The highest BCUT2D eigenvalue weighted by atomic mass is 28.3. The van der Waals surface area contributed by atoms with Crippen molar-refractivity contribution >= 4 is 73.7 Å². The van der Waals surface area contributed by atoms with Gasteiger partial charge in [0.1, 0.15) is 0 Å². The molecule has 2 aromatic heterocycles. The molecule has 0 spiro atoms. The Morgan fingerprint density at radius 3 is 1.77 bits per heavy atom. The van der Waals surface area contributed by atoms with Crippen LogP contribution in [0.1, 0.15) is 22.3 Å². The molecule has 2 heterocycles. The van der Waals surface area contributed by atoms with E-state index >= 15 is 0 Å². The third-order valence-corrected chi connectivity index (χ3v) is 14.3.